The third-order valence-electron chi connectivity index (χ3n) is 10.6. The first kappa shape index (κ1) is 45.6. The normalized spacial score (nSPS) is 13.2. The van der Waals surface area contributed by atoms with E-state index < -0.39 is 42.9 Å². The van der Waals surface area contributed by atoms with E-state index in [1.807, 2.05) is 99.6 Å². The predicted octanol–water partition coefficient (Wildman–Crippen LogP) is 6.87. The number of nitriles is 1. The molecule has 1 unspecified atom stereocenters. The van der Waals surface area contributed by atoms with E-state index in [-0.39, 0.29) is 37.8 Å². The Balaban J connectivity index is 1.54. The van der Waals surface area contributed by atoms with Crippen LogP contribution in [-0.2, 0) is 21.6 Å². The van der Waals surface area contributed by atoms with Crippen LogP contribution in [0.4, 0.5) is 0 Å². The van der Waals surface area contributed by atoms with Crippen molar-refractivity contribution in [2.24, 2.45) is 0 Å². The molecule has 60 heavy (non-hydrogen) atoms. The Hall–Kier alpha value is -5.45. The smallest absolute Gasteiger partial charge is 0.338 e. The number of hydrogen-bond donors (Lipinski definition) is 2. The molecule has 5 aromatic rings. The monoisotopic (exact) mass is 836 g/mol. The van der Waals surface area contributed by atoms with Crippen LogP contribution in [0, 0.1) is 11.3 Å². The number of hydrogen-bond acceptors (Lipinski definition) is 11. The van der Waals surface area contributed by atoms with Crippen molar-refractivity contribution in [3.63, 3.8) is 0 Å². The van der Waals surface area contributed by atoms with Crippen molar-refractivity contribution in [2.45, 2.75) is 76.3 Å². The van der Waals surface area contributed by atoms with Gasteiger partial charge in [-0.2, -0.15) is 9.83 Å². The summed E-state index contributed by atoms with van der Waals surface area (Å²) in [4.78, 5) is 60.9. The molecule has 0 amide bonds. The number of carbonyl (C=O) groups is 1. The number of methoxy groups -OCH3 is 2. The van der Waals surface area contributed by atoms with E-state index in [9.17, 15) is 29.4 Å². The minimum atomic E-state index is -2.50. The number of benzene rings is 4. The molecule has 14 heteroatoms. The molecule has 0 saturated heterocycles. The molecule has 0 saturated carbocycles. The van der Waals surface area contributed by atoms with Crippen LogP contribution in [0.2, 0.25) is 0 Å². The maximum Gasteiger partial charge on any atom is 0.338 e. The number of nitrogens with zero attached hydrogens (tertiary/aromatic N) is 4. The topological polar surface area (TPSA) is 165 Å². The highest BCUT2D eigenvalue weighted by Gasteiger charge is 2.41. The Kier molecular flexibility index (Phi) is 16.1. The molecule has 0 fully saturated rings. The van der Waals surface area contributed by atoms with E-state index in [0.29, 0.717) is 35.3 Å². The van der Waals surface area contributed by atoms with Crippen LogP contribution in [0.15, 0.2) is 131 Å². The molecule has 13 nitrogen and oxygen atoms in total. The highest BCUT2D eigenvalue weighted by atomic mass is 31.2. The molecule has 0 aliphatic heterocycles. The van der Waals surface area contributed by atoms with Gasteiger partial charge in [0.15, 0.2) is 0 Å². The quantitative estimate of drug-likeness (QED) is 0.0585. The molecule has 316 valence electrons. The zero-order valence-corrected chi connectivity index (χ0v) is 35.5. The number of rotatable bonds is 21. The van der Waals surface area contributed by atoms with Crippen molar-refractivity contribution < 1.29 is 33.5 Å². The lowest BCUT2D eigenvalue weighted by atomic mass is 9.80. The van der Waals surface area contributed by atoms with Gasteiger partial charge in [0, 0.05) is 35.8 Å². The second kappa shape index (κ2) is 21.2. The highest BCUT2D eigenvalue weighted by Crippen LogP contribution is 2.45. The maximum atomic E-state index is 13.6. The first-order chi connectivity index (χ1) is 28.9. The van der Waals surface area contributed by atoms with Crippen molar-refractivity contribution >= 4 is 14.4 Å². The fourth-order valence-electron chi connectivity index (χ4n) is 7.60. The first-order valence-electron chi connectivity index (χ1n) is 19.7. The van der Waals surface area contributed by atoms with E-state index in [1.165, 1.54) is 29.0 Å². The van der Waals surface area contributed by atoms with E-state index >= 15 is 0 Å². The van der Waals surface area contributed by atoms with Gasteiger partial charge in [-0.1, -0.05) is 72.8 Å². The van der Waals surface area contributed by atoms with Gasteiger partial charge in [-0.15, -0.1) is 0 Å². The summed E-state index contributed by atoms with van der Waals surface area (Å²) in [7, 11) is 0.708. The molecule has 1 aromatic heterocycles. The van der Waals surface area contributed by atoms with Gasteiger partial charge < -0.3 is 28.7 Å². The molecule has 0 aliphatic rings. The Morgan fingerprint density at radius 2 is 1.37 bits per heavy atom. The lowest BCUT2D eigenvalue weighted by molar-refractivity contribution is -0.0727. The summed E-state index contributed by atoms with van der Waals surface area (Å²) in [5.74, 6) is 0.603. The van der Waals surface area contributed by atoms with Crippen LogP contribution in [0.5, 0.6) is 11.5 Å². The SMILES string of the molecule is COc1ccc(C(OCC(CC[C@@](C)(CCC#N)N(C(C)C)P(O)O)OCCn2ccc(=O)n(C(=O)c3ccccc3)c2=O)(c2ccccc2)c2ccc(OC)cc2)cc1. The van der Waals surface area contributed by atoms with Gasteiger partial charge in [-0.3, -0.25) is 14.2 Å². The summed E-state index contributed by atoms with van der Waals surface area (Å²) in [6.07, 6.45) is 2.00. The fraction of sp³-hybridized carbons (Fsp3) is 0.348. The Bertz CT molecular complexity index is 2240. The molecule has 5 rings (SSSR count). The number of ether oxygens (including phenoxy) is 4. The minimum absolute atomic E-state index is 0.000864. The van der Waals surface area contributed by atoms with E-state index in [2.05, 4.69) is 6.07 Å². The van der Waals surface area contributed by atoms with Gasteiger partial charge in [0.1, 0.15) is 17.1 Å². The van der Waals surface area contributed by atoms with Gasteiger partial charge >= 0.3 is 5.69 Å². The van der Waals surface area contributed by atoms with Crippen molar-refractivity contribution in [3.8, 4) is 17.6 Å². The van der Waals surface area contributed by atoms with Crippen LogP contribution in [0.3, 0.4) is 0 Å². The summed E-state index contributed by atoms with van der Waals surface area (Å²) in [5, 5.41) is 9.59. The molecular weight excluding hydrogens is 783 g/mol. The van der Waals surface area contributed by atoms with E-state index in [4.69, 9.17) is 18.9 Å². The second-order valence-electron chi connectivity index (χ2n) is 14.8. The largest absolute Gasteiger partial charge is 0.497 e. The summed E-state index contributed by atoms with van der Waals surface area (Å²) in [6.45, 7) is 5.68. The van der Waals surface area contributed by atoms with Crippen molar-refractivity contribution in [3.05, 3.63) is 165 Å². The standard InChI is InChI=1S/C46H53N4O9P/c1-34(2)50(60(54)55)45(3,27-12-29-47)28-25-41(58-32-31-48-30-26-42(51)49(44(48)53)43(52)35-13-8-6-9-14-35)33-59-46(36-15-10-7-11-16-36,37-17-21-39(56-4)22-18-37)38-19-23-40(57-5)24-20-38/h6-11,13-24,26,30,34,41,54-55H,12,25,27-28,31-33H2,1-5H3/t41?,45-/m1/s1. The average molecular weight is 837 g/mol. The fourth-order valence-corrected chi connectivity index (χ4v) is 8.65. The van der Waals surface area contributed by atoms with Crippen molar-refractivity contribution in [1.29, 1.82) is 5.26 Å². The molecule has 0 bridgehead atoms. The summed E-state index contributed by atoms with van der Waals surface area (Å²) >= 11 is 0. The zero-order valence-electron chi connectivity index (χ0n) is 34.6. The molecule has 1 heterocycles. The molecule has 0 spiro atoms. The molecule has 0 radical (unpaired) electrons. The summed E-state index contributed by atoms with van der Waals surface area (Å²) in [6, 6.07) is 36.3. The third-order valence-corrected chi connectivity index (χ3v) is 12.0. The van der Waals surface area contributed by atoms with Crippen LogP contribution in [-0.4, -0.2) is 74.6 Å². The zero-order chi connectivity index (χ0) is 43.3. The van der Waals surface area contributed by atoms with E-state index in [0.717, 1.165) is 16.7 Å². The first-order valence-corrected chi connectivity index (χ1v) is 20.9. The van der Waals surface area contributed by atoms with Gasteiger partial charge in [0.05, 0.1) is 46.2 Å². The van der Waals surface area contributed by atoms with Gasteiger partial charge in [-0.05, 0) is 93.1 Å². The Labute approximate surface area is 351 Å². The molecule has 2 N–H and O–H groups in total. The molecule has 2 atom stereocenters. The highest BCUT2D eigenvalue weighted by molar-refractivity contribution is 7.42. The van der Waals surface area contributed by atoms with Crippen molar-refractivity contribution in [1.82, 2.24) is 13.8 Å². The van der Waals surface area contributed by atoms with Crippen LogP contribution >= 0.6 is 8.53 Å². The summed E-state index contributed by atoms with van der Waals surface area (Å²) in [5.41, 5.74) is -0.874. The molecule has 4 aromatic carbocycles. The number of carbonyl (C=O) groups excluding carboxylic acids is 1. The van der Waals surface area contributed by atoms with Crippen LogP contribution in [0.1, 0.15) is 73.5 Å². The number of aromatic nitrogens is 2. The third kappa shape index (κ3) is 10.6. The van der Waals surface area contributed by atoms with Crippen molar-refractivity contribution in [2.75, 3.05) is 27.4 Å². The Morgan fingerprint density at radius 1 is 0.817 bits per heavy atom. The second-order valence-corrected chi connectivity index (χ2v) is 15.8. The summed E-state index contributed by atoms with van der Waals surface area (Å²) < 4.78 is 28.3. The van der Waals surface area contributed by atoms with Gasteiger partial charge in [-0.25, -0.2) is 9.46 Å². The molecule has 0 aliphatic carbocycles. The lowest BCUT2D eigenvalue weighted by Crippen LogP contribution is -2.47. The van der Waals surface area contributed by atoms with Gasteiger partial charge in [0.25, 0.3) is 20.0 Å². The predicted molar refractivity (Wildman–Crippen MR) is 230 cm³/mol. The lowest BCUT2D eigenvalue weighted by Gasteiger charge is -2.44. The average Bonchev–Trinajstić information content (AvgIpc) is 3.26. The Morgan fingerprint density at radius 3 is 1.88 bits per heavy atom. The minimum Gasteiger partial charge on any atom is -0.497 e. The van der Waals surface area contributed by atoms with Crippen LogP contribution in [0.25, 0.3) is 0 Å². The van der Waals surface area contributed by atoms with E-state index in [1.54, 1.807) is 37.1 Å². The van der Waals surface area contributed by atoms with Gasteiger partial charge in [0.2, 0.25) is 0 Å². The maximum absolute atomic E-state index is 13.6. The van der Waals surface area contributed by atoms with Crippen LogP contribution < -0.4 is 20.7 Å². The molecular formula is C46H53N4O9P.